The van der Waals surface area contributed by atoms with Gasteiger partial charge in [-0.1, -0.05) is 12.1 Å². The summed E-state index contributed by atoms with van der Waals surface area (Å²) in [4.78, 5) is 23.5. The van der Waals surface area contributed by atoms with Crippen molar-refractivity contribution >= 4 is 17.5 Å². The monoisotopic (exact) mass is 304 g/mol. The van der Waals surface area contributed by atoms with E-state index in [0.717, 1.165) is 6.07 Å². The first-order chi connectivity index (χ1) is 10.5. The molecule has 0 aliphatic heterocycles. The lowest BCUT2D eigenvalue weighted by Crippen LogP contribution is -2.33. The van der Waals surface area contributed by atoms with Gasteiger partial charge in [-0.2, -0.15) is 0 Å². The predicted molar refractivity (Wildman–Crippen MR) is 78.5 cm³/mol. The van der Waals surface area contributed by atoms with Crippen LogP contribution in [0.3, 0.4) is 0 Å². The highest BCUT2D eigenvalue weighted by atomic mass is 19.1. The minimum Gasteiger partial charge on any atom is -0.343 e. The highest BCUT2D eigenvalue weighted by Crippen LogP contribution is 2.15. The number of aryl methyl sites for hydroxylation is 1. The molecule has 2 aromatic rings. The van der Waals surface area contributed by atoms with E-state index in [1.807, 2.05) is 0 Å². The molecule has 4 nitrogen and oxygen atoms in total. The van der Waals surface area contributed by atoms with E-state index in [9.17, 15) is 18.4 Å². The van der Waals surface area contributed by atoms with Crippen LogP contribution in [0.2, 0.25) is 0 Å². The van der Waals surface area contributed by atoms with Gasteiger partial charge in [0.15, 0.2) is 0 Å². The van der Waals surface area contributed by atoms with Crippen molar-refractivity contribution in [1.82, 2.24) is 5.32 Å². The number of amides is 2. The molecule has 2 N–H and O–H groups in total. The Hall–Kier alpha value is -2.76. The van der Waals surface area contributed by atoms with Gasteiger partial charge in [0.1, 0.15) is 11.6 Å². The van der Waals surface area contributed by atoms with Crippen LogP contribution < -0.4 is 10.6 Å². The predicted octanol–water partition coefficient (Wildman–Crippen LogP) is 2.64. The number of carbonyl (C=O) groups excluding carboxylic acids is 2. The Morgan fingerprint density at radius 2 is 1.82 bits per heavy atom. The number of hydrogen-bond acceptors (Lipinski definition) is 2. The molecule has 0 saturated carbocycles. The van der Waals surface area contributed by atoms with Crippen LogP contribution in [-0.2, 0) is 4.79 Å². The van der Waals surface area contributed by atoms with Crippen molar-refractivity contribution < 1.29 is 18.4 Å². The minimum atomic E-state index is -0.677. The molecule has 0 saturated heterocycles. The summed E-state index contributed by atoms with van der Waals surface area (Å²) < 4.78 is 26.4. The zero-order valence-corrected chi connectivity index (χ0v) is 11.8. The summed E-state index contributed by atoms with van der Waals surface area (Å²) >= 11 is 0. The van der Waals surface area contributed by atoms with Crippen molar-refractivity contribution in [2.75, 3.05) is 11.9 Å². The molecule has 0 radical (unpaired) electrons. The first-order valence-electron chi connectivity index (χ1n) is 6.56. The fourth-order valence-corrected chi connectivity index (χ4v) is 1.86. The van der Waals surface area contributed by atoms with E-state index < -0.39 is 23.4 Å². The molecular weight excluding hydrogens is 290 g/mol. The molecule has 2 aromatic carbocycles. The summed E-state index contributed by atoms with van der Waals surface area (Å²) in [6.07, 6.45) is 0. The van der Waals surface area contributed by atoms with Gasteiger partial charge in [-0.25, -0.2) is 8.78 Å². The van der Waals surface area contributed by atoms with Crippen LogP contribution in [0.4, 0.5) is 14.5 Å². The minimum absolute atomic E-state index is 0.131. The van der Waals surface area contributed by atoms with E-state index in [1.54, 1.807) is 6.92 Å². The summed E-state index contributed by atoms with van der Waals surface area (Å²) in [5.74, 6) is -2.22. The second-order valence-electron chi connectivity index (χ2n) is 4.67. The van der Waals surface area contributed by atoms with Crippen LogP contribution in [0, 0.1) is 18.6 Å². The van der Waals surface area contributed by atoms with E-state index >= 15 is 0 Å². The van der Waals surface area contributed by atoms with Gasteiger partial charge in [0.05, 0.1) is 12.1 Å². The number of anilines is 1. The number of halogens is 2. The maximum atomic E-state index is 13.4. The Bertz CT molecular complexity index is 717. The number of carbonyl (C=O) groups is 2. The van der Waals surface area contributed by atoms with Gasteiger partial charge in [0.25, 0.3) is 5.91 Å². The van der Waals surface area contributed by atoms with E-state index in [2.05, 4.69) is 10.6 Å². The largest absolute Gasteiger partial charge is 0.343 e. The first-order valence-corrected chi connectivity index (χ1v) is 6.56. The maximum absolute atomic E-state index is 13.4. The Labute approximate surface area is 126 Å². The molecule has 0 fully saturated rings. The lowest BCUT2D eigenvalue weighted by molar-refractivity contribution is -0.115. The number of nitrogens with one attached hydrogen (secondary N) is 2. The second kappa shape index (κ2) is 6.80. The molecule has 6 heteroatoms. The topological polar surface area (TPSA) is 58.2 Å². The normalized spacial score (nSPS) is 10.1. The molecule has 0 aliphatic rings. The van der Waals surface area contributed by atoms with Gasteiger partial charge in [0.2, 0.25) is 5.91 Å². The van der Waals surface area contributed by atoms with E-state index in [-0.39, 0.29) is 12.1 Å². The molecular formula is C16H14F2N2O2. The molecule has 114 valence electrons. The summed E-state index contributed by atoms with van der Waals surface area (Å²) in [7, 11) is 0. The average Bonchev–Trinajstić information content (AvgIpc) is 2.48. The first kappa shape index (κ1) is 15.6. The fourth-order valence-electron chi connectivity index (χ4n) is 1.86. The third kappa shape index (κ3) is 3.88. The SMILES string of the molecule is Cc1cc(F)ccc1NC(=O)CNC(=O)c1ccccc1F. The van der Waals surface area contributed by atoms with Crippen LogP contribution in [0.15, 0.2) is 42.5 Å². The van der Waals surface area contributed by atoms with E-state index in [0.29, 0.717) is 11.3 Å². The van der Waals surface area contributed by atoms with Crippen molar-refractivity contribution in [3.05, 3.63) is 65.2 Å². The van der Waals surface area contributed by atoms with Gasteiger partial charge >= 0.3 is 0 Å². The van der Waals surface area contributed by atoms with Crippen molar-refractivity contribution in [1.29, 1.82) is 0 Å². The van der Waals surface area contributed by atoms with Crippen molar-refractivity contribution in [2.45, 2.75) is 6.92 Å². The van der Waals surface area contributed by atoms with Crippen molar-refractivity contribution in [3.8, 4) is 0 Å². The third-order valence-electron chi connectivity index (χ3n) is 2.99. The van der Waals surface area contributed by atoms with Crippen LogP contribution in [0.25, 0.3) is 0 Å². The van der Waals surface area contributed by atoms with E-state index in [4.69, 9.17) is 0 Å². The molecule has 0 heterocycles. The Morgan fingerprint density at radius 1 is 1.09 bits per heavy atom. The molecule has 0 bridgehead atoms. The second-order valence-corrected chi connectivity index (χ2v) is 4.67. The van der Waals surface area contributed by atoms with Crippen LogP contribution >= 0.6 is 0 Å². The molecule has 0 unspecified atom stereocenters. The summed E-state index contributed by atoms with van der Waals surface area (Å²) in [5, 5.41) is 4.87. The highest BCUT2D eigenvalue weighted by molar-refractivity contribution is 5.99. The van der Waals surface area contributed by atoms with Gasteiger partial charge in [0, 0.05) is 5.69 Å². The average molecular weight is 304 g/mol. The standard InChI is InChI=1S/C16H14F2N2O2/c1-10-8-11(17)6-7-14(10)20-15(21)9-19-16(22)12-4-2-3-5-13(12)18/h2-8H,9H2,1H3,(H,19,22)(H,20,21). The lowest BCUT2D eigenvalue weighted by atomic mass is 10.2. The van der Waals surface area contributed by atoms with Gasteiger partial charge in [-0.3, -0.25) is 9.59 Å². The molecule has 2 rings (SSSR count). The van der Waals surface area contributed by atoms with Gasteiger partial charge in [-0.15, -0.1) is 0 Å². The Kier molecular flexibility index (Phi) is 4.83. The van der Waals surface area contributed by atoms with E-state index in [1.165, 1.54) is 36.4 Å². The molecule has 0 spiro atoms. The highest BCUT2D eigenvalue weighted by Gasteiger charge is 2.12. The lowest BCUT2D eigenvalue weighted by Gasteiger charge is -2.09. The molecule has 0 aliphatic carbocycles. The van der Waals surface area contributed by atoms with Crippen LogP contribution in [0.1, 0.15) is 15.9 Å². The number of rotatable bonds is 4. The molecule has 22 heavy (non-hydrogen) atoms. The number of benzene rings is 2. The zero-order valence-electron chi connectivity index (χ0n) is 11.8. The summed E-state index contributed by atoms with van der Waals surface area (Å²) in [5.41, 5.74) is 0.883. The van der Waals surface area contributed by atoms with Gasteiger partial charge in [-0.05, 0) is 42.8 Å². The fraction of sp³-hybridized carbons (Fsp3) is 0.125. The molecule has 2 amide bonds. The summed E-state index contributed by atoms with van der Waals surface area (Å²) in [6.45, 7) is 1.33. The maximum Gasteiger partial charge on any atom is 0.254 e. The third-order valence-corrected chi connectivity index (χ3v) is 2.99. The smallest absolute Gasteiger partial charge is 0.254 e. The molecule has 0 aromatic heterocycles. The Morgan fingerprint density at radius 3 is 2.50 bits per heavy atom. The van der Waals surface area contributed by atoms with Crippen LogP contribution in [0.5, 0.6) is 0 Å². The molecule has 0 atom stereocenters. The van der Waals surface area contributed by atoms with Crippen molar-refractivity contribution in [2.24, 2.45) is 0 Å². The zero-order chi connectivity index (χ0) is 16.1. The van der Waals surface area contributed by atoms with Crippen molar-refractivity contribution in [3.63, 3.8) is 0 Å². The Balaban J connectivity index is 1.93. The van der Waals surface area contributed by atoms with Gasteiger partial charge < -0.3 is 10.6 Å². The quantitative estimate of drug-likeness (QED) is 0.912. The summed E-state index contributed by atoms with van der Waals surface area (Å²) in [6, 6.07) is 9.43. The van der Waals surface area contributed by atoms with Crippen LogP contribution in [-0.4, -0.2) is 18.4 Å². The number of hydrogen-bond donors (Lipinski definition) is 2.